The number of likely N-dealkylation sites (N-methyl/N-ethyl adjacent to an activating group) is 1. The molecule has 0 bridgehead atoms. The van der Waals surface area contributed by atoms with Gasteiger partial charge in [0.1, 0.15) is 11.4 Å². The minimum Gasteiger partial charge on any atom is -0.507 e. The average molecular weight is 247 g/mol. The number of rotatable bonds is 4. The lowest BCUT2D eigenvalue weighted by Crippen LogP contribution is -2.15. The predicted molar refractivity (Wildman–Crippen MR) is 70.3 cm³/mol. The molecular weight excluding hydrogens is 230 g/mol. The molecule has 18 heavy (non-hydrogen) atoms. The molecule has 0 saturated carbocycles. The SMILES string of the molecule is CN(C)CCc1ccc(O)c(-c2cc(N)on2)c1. The number of phenolic OH excluding ortho intramolecular Hbond substituents is 1. The fourth-order valence-corrected chi connectivity index (χ4v) is 1.71. The van der Waals surface area contributed by atoms with E-state index in [1.165, 1.54) is 0 Å². The molecule has 1 heterocycles. The monoisotopic (exact) mass is 247 g/mol. The molecule has 2 rings (SSSR count). The van der Waals surface area contributed by atoms with Crippen LogP contribution in [-0.2, 0) is 6.42 Å². The number of anilines is 1. The number of benzene rings is 1. The van der Waals surface area contributed by atoms with Gasteiger partial charge in [-0.05, 0) is 38.2 Å². The Morgan fingerprint density at radius 1 is 1.33 bits per heavy atom. The van der Waals surface area contributed by atoms with Gasteiger partial charge >= 0.3 is 0 Å². The smallest absolute Gasteiger partial charge is 0.222 e. The molecule has 0 aliphatic carbocycles. The number of hydrogen-bond donors (Lipinski definition) is 2. The van der Waals surface area contributed by atoms with E-state index in [1.54, 1.807) is 12.1 Å². The van der Waals surface area contributed by atoms with E-state index in [0.29, 0.717) is 11.3 Å². The molecule has 0 aliphatic rings. The van der Waals surface area contributed by atoms with E-state index in [-0.39, 0.29) is 11.6 Å². The lowest BCUT2D eigenvalue weighted by atomic mass is 10.0. The van der Waals surface area contributed by atoms with Crippen molar-refractivity contribution in [1.29, 1.82) is 0 Å². The van der Waals surface area contributed by atoms with E-state index >= 15 is 0 Å². The largest absolute Gasteiger partial charge is 0.507 e. The summed E-state index contributed by atoms with van der Waals surface area (Å²) in [5, 5.41) is 13.7. The summed E-state index contributed by atoms with van der Waals surface area (Å²) in [6, 6.07) is 7.10. The molecule has 96 valence electrons. The second-order valence-electron chi connectivity index (χ2n) is 4.52. The number of aromatic nitrogens is 1. The highest BCUT2D eigenvalue weighted by Crippen LogP contribution is 2.30. The minimum atomic E-state index is 0.178. The summed E-state index contributed by atoms with van der Waals surface area (Å²) in [5.74, 6) is 0.417. The van der Waals surface area contributed by atoms with Gasteiger partial charge in [0.05, 0.1) is 0 Å². The van der Waals surface area contributed by atoms with Crippen molar-refractivity contribution in [1.82, 2.24) is 10.1 Å². The van der Waals surface area contributed by atoms with Gasteiger partial charge in [-0.2, -0.15) is 0 Å². The molecule has 0 fully saturated rings. The molecule has 0 unspecified atom stereocenters. The molecule has 3 N–H and O–H groups in total. The molecule has 0 saturated heterocycles. The second kappa shape index (κ2) is 5.10. The van der Waals surface area contributed by atoms with Crippen molar-refractivity contribution >= 4 is 5.88 Å². The van der Waals surface area contributed by atoms with Crippen LogP contribution in [0.5, 0.6) is 5.75 Å². The fraction of sp³-hybridized carbons (Fsp3) is 0.308. The zero-order valence-corrected chi connectivity index (χ0v) is 10.6. The molecule has 0 atom stereocenters. The Morgan fingerprint density at radius 2 is 2.11 bits per heavy atom. The van der Waals surface area contributed by atoms with Gasteiger partial charge in [-0.15, -0.1) is 0 Å². The third-order valence-corrected chi connectivity index (χ3v) is 2.71. The maximum atomic E-state index is 9.84. The first-order chi connectivity index (χ1) is 8.56. The summed E-state index contributed by atoms with van der Waals surface area (Å²) in [5.41, 5.74) is 7.82. The van der Waals surface area contributed by atoms with Crippen LogP contribution in [0.15, 0.2) is 28.8 Å². The predicted octanol–water partition coefficient (Wildman–Crippen LogP) is 1.73. The maximum Gasteiger partial charge on any atom is 0.222 e. The van der Waals surface area contributed by atoms with Crippen molar-refractivity contribution < 1.29 is 9.63 Å². The van der Waals surface area contributed by atoms with Crippen LogP contribution in [0.2, 0.25) is 0 Å². The van der Waals surface area contributed by atoms with Crippen LogP contribution < -0.4 is 5.73 Å². The van der Waals surface area contributed by atoms with Crippen molar-refractivity contribution in [2.75, 3.05) is 26.4 Å². The molecule has 5 heteroatoms. The first kappa shape index (κ1) is 12.4. The topological polar surface area (TPSA) is 75.5 Å². The first-order valence-corrected chi connectivity index (χ1v) is 5.75. The lowest BCUT2D eigenvalue weighted by Gasteiger charge is -2.10. The van der Waals surface area contributed by atoms with E-state index in [1.807, 2.05) is 26.2 Å². The maximum absolute atomic E-state index is 9.84. The Labute approximate surface area is 106 Å². The Morgan fingerprint density at radius 3 is 2.72 bits per heavy atom. The zero-order valence-electron chi connectivity index (χ0n) is 10.6. The Bertz CT molecular complexity index is 535. The number of nitrogens with zero attached hydrogens (tertiary/aromatic N) is 2. The van der Waals surface area contributed by atoms with E-state index in [9.17, 15) is 5.11 Å². The molecular formula is C13H17N3O2. The number of aromatic hydroxyl groups is 1. The van der Waals surface area contributed by atoms with Crippen molar-refractivity contribution in [3.8, 4) is 17.0 Å². The molecule has 2 aromatic rings. The first-order valence-electron chi connectivity index (χ1n) is 5.75. The lowest BCUT2D eigenvalue weighted by molar-refractivity contribution is 0.413. The second-order valence-corrected chi connectivity index (χ2v) is 4.52. The van der Waals surface area contributed by atoms with Gasteiger partial charge in [-0.3, -0.25) is 0 Å². The number of hydrogen-bond acceptors (Lipinski definition) is 5. The van der Waals surface area contributed by atoms with E-state index in [0.717, 1.165) is 18.5 Å². The average Bonchev–Trinajstić information content (AvgIpc) is 2.74. The van der Waals surface area contributed by atoms with Crippen molar-refractivity contribution in [3.63, 3.8) is 0 Å². The number of phenols is 1. The summed E-state index contributed by atoms with van der Waals surface area (Å²) < 4.78 is 4.82. The number of nitrogen functional groups attached to an aromatic ring is 1. The normalized spacial score (nSPS) is 11.1. The Balaban J connectivity index is 2.27. The third kappa shape index (κ3) is 2.81. The van der Waals surface area contributed by atoms with Gasteiger partial charge in [0.25, 0.3) is 0 Å². The fourth-order valence-electron chi connectivity index (χ4n) is 1.71. The summed E-state index contributed by atoms with van der Waals surface area (Å²) in [7, 11) is 4.05. The van der Waals surface area contributed by atoms with Gasteiger partial charge < -0.3 is 20.3 Å². The molecule has 1 aromatic carbocycles. The highest BCUT2D eigenvalue weighted by molar-refractivity contribution is 5.68. The standard InChI is InChI=1S/C13H17N3O2/c1-16(2)6-5-9-3-4-12(17)10(7-9)11-8-13(14)18-15-11/h3-4,7-8,17H,5-6,14H2,1-2H3. The van der Waals surface area contributed by atoms with Crippen LogP contribution in [-0.4, -0.2) is 35.8 Å². The molecule has 1 aromatic heterocycles. The molecule has 0 aliphatic heterocycles. The van der Waals surface area contributed by atoms with Crippen LogP contribution in [0.25, 0.3) is 11.3 Å². The zero-order chi connectivity index (χ0) is 13.1. The van der Waals surface area contributed by atoms with Crippen LogP contribution in [0.3, 0.4) is 0 Å². The van der Waals surface area contributed by atoms with Crippen LogP contribution >= 0.6 is 0 Å². The van der Waals surface area contributed by atoms with E-state index in [2.05, 4.69) is 10.1 Å². The Hall–Kier alpha value is -2.01. The third-order valence-electron chi connectivity index (χ3n) is 2.71. The van der Waals surface area contributed by atoms with E-state index in [4.69, 9.17) is 10.3 Å². The number of nitrogens with two attached hydrogens (primary N) is 1. The van der Waals surface area contributed by atoms with Crippen LogP contribution in [0.4, 0.5) is 5.88 Å². The summed E-state index contributed by atoms with van der Waals surface area (Å²) >= 11 is 0. The minimum absolute atomic E-state index is 0.178. The Kier molecular flexibility index (Phi) is 3.53. The highest BCUT2D eigenvalue weighted by Gasteiger charge is 2.10. The molecule has 0 radical (unpaired) electrons. The summed E-state index contributed by atoms with van der Waals surface area (Å²) in [6.07, 6.45) is 0.910. The summed E-state index contributed by atoms with van der Waals surface area (Å²) in [6.45, 7) is 0.950. The molecule has 0 amide bonds. The van der Waals surface area contributed by atoms with Crippen LogP contribution in [0.1, 0.15) is 5.56 Å². The summed E-state index contributed by atoms with van der Waals surface area (Å²) in [4.78, 5) is 2.11. The quantitative estimate of drug-likeness (QED) is 0.860. The van der Waals surface area contributed by atoms with Crippen molar-refractivity contribution in [3.05, 3.63) is 29.8 Å². The van der Waals surface area contributed by atoms with Crippen molar-refractivity contribution in [2.24, 2.45) is 0 Å². The van der Waals surface area contributed by atoms with Gasteiger partial charge in [-0.25, -0.2) is 0 Å². The van der Waals surface area contributed by atoms with Gasteiger partial charge in [-0.1, -0.05) is 11.2 Å². The van der Waals surface area contributed by atoms with Gasteiger partial charge in [0.2, 0.25) is 5.88 Å². The molecule has 0 spiro atoms. The molecule has 5 nitrogen and oxygen atoms in total. The van der Waals surface area contributed by atoms with Crippen LogP contribution in [0, 0.1) is 0 Å². The highest BCUT2D eigenvalue weighted by atomic mass is 16.5. The van der Waals surface area contributed by atoms with Crippen molar-refractivity contribution in [2.45, 2.75) is 6.42 Å². The van der Waals surface area contributed by atoms with Gasteiger partial charge in [0.15, 0.2) is 0 Å². The van der Waals surface area contributed by atoms with E-state index < -0.39 is 0 Å². The van der Waals surface area contributed by atoms with Gasteiger partial charge in [0, 0.05) is 18.2 Å².